The number of hydrogen-bond donors (Lipinski definition) is 0. The molecule has 0 radical (unpaired) electrons. The van der Waals surface area contributed by atoms with Crippen LogP contribution in [0.25, 0.3) is 10.2 Å². The molecule has 0 N–H and O–H groups in total. The maximum Gasteiger partial charge on any atom is 0.274 e. The number of piperidine rings is 1. The van der Waals surface area contributed by atoms with E-state index in [0.29, 0.717) is 23.5 Å². The van der Waals surface area contributed by atoms with Crippen LogP contribution in [0.15, 0.2) is 47.4 Å². The molecule has 1 saturated heterocycles. The molecule has 30 heavy (non-hydrogen) atoms. The molecule has 0 spiro atoms. The Labute approximate surface area is 185 Å². The molecule has 1 amide bonds. The molecule has 2 aromatic carbocycles. The van der Waals surface area contributed by atoms with E-state index >= 15 is 0 Å². The molecule has 0 bridgehead atoms. The highest BCUT2D eigenvalue weighted by atomic mass is 32.2. The summed E-state index contributed by atoms with van der Waals surface area (Å²) in [6.07, 6.45) is 1.70. The number of methoxy groups -OCH3 is 1. The number of carbonyl (C=O) groups excluding carboxylic acids is 1. The van der Waals surface area contributed by atoms with Crippen LogP contribution in [-0.2, 0) is 0 Å². The lowest BCUT2D eigenvalue weighted by Gasteiger charge is -2.31. The summed E-state index contributed by atoms with van der Waals surface area (Å²) in [5.41, 5.74) is 1.65. The number of hydrogen-bond acceptors (Lipinski definition) is 6. The number of carbonyl (C=O) groups is 1. The third kappa shape index (κ3) is 4.90. The molecule has 0 unspecified atom stereocenters. The fourth-order valence-corrected chi connectivity index (χ4v) is 5.30. The van der Waals surface area contributed by atoms with Crippen LogP contribution in [0, 0.1) is 0 Å². The fraction of sp³-hybridized carbons (Fsp3) is 0.391. The SMILES string of the molecule is COc1ccc2sc(OC3CCN(C(=O)c4cccc(SC(C)C)c4)CC3)nc2c1. The lowest BCUT2D eigenvalue weighted by Crippen LogP contribution is -2.41. The van der Waals surface area contributed by atoms with Crippen molar-refractivity contribution in [3.05, 3.63) is 48.0 Å². The number of nitrogens with zero attached hydrogens (tertiary/aromatic N) is 2. The molecule has 5 nitrogen and oxygen atoms in total. The first-order valence-electron chi connectivity index (χ1n) is 10.2. The quantitative estimate of drug-likeness (QED) is 0.473. The van der Waals surface area contributed by atoms with Crippen LogP contribution >= 0.6 is 23.1 Å². The van der Waals surface area contributed by atoms with E-state index in [-0.39, 0.29) is 12.0 Å². The molecule has 0 saturated carbocycles. The van der Waals surface area contributed by atoms with E-state index in [1.807, 2.05) is 41.3 Å². The van der Waals surface area contributed by atoms with Crippen molar-refractivity contribution in [3.63, 3.8) is 0 Å². The number of ether oxygens (including phenoxy) is 2. The largest absolute Gasteiger partial charge is 0.497 e. The first-order chi connectivity index (χ1) is 14.5. The Morgan fingerprint density at radius 1 is 1.20 bits per heavy atom. The number of likely N-dealkylation sites (tertiary alicyclic amines) is 1. The second kappa shape index (κ2) is 9.27. The third-order valence-electron chi connectivity index (χ3n) is 5.02. The number of rotatable bonds is 6. The van der Waals surface area contributed by atoms with Gasteiger partial charge >= 0.3 is 0 Å². The minimum atomic E-state index is 0.0827. The number of thioether (sulfide) groups is 1. The normalized spacial score (nSPS) is 15.0. The minimum absolute atomic E-state index is 0.0827. The molecule has 1 aliphatic rings. The zero-order chi connectivity index (χ0) is 21.1. The minimum Gasteiger partial charge on any atom is -0.497 e. The average Bonchev–Trinajstić information content (AvgIpc) is 3.14. The van der Waals surface area contributed by atoms with Gasteiger partial charge in [-0.1, -0.05) is 31.3 Å². The molecule has 4 rings (SSSR count). The summed E-state index contributed by atoms with van der Waals surface area (Å²) in [5.74, 6) is 0.897. The van der Waals surface area contributed by atoms with Crippen molar-refractivity contribution >= 4 is 39.2 Å². The van der Waals surface area contributed by atoms with Crippen molar-refractivity contribution in [2.45, 2.75) is 42.9 Å². The van der Waals surface area contributed by atoms with E-state index in [9.17, 15) is 4.79 Å². The van der Waals surface area contributed by atoms with Gasteiger partial charge in [0.15, 0.2) is 0 Å². The van der Waals surface area contributed by atoms with Crippen LogP contribution in [0.2, 0.25) is 0 Å². The van der Waals surface area contributed by atoms with Crippen molar-refractivity contribution < 1.29 is 14.3 Å². The van der Waals surface area contributed by atoms with Gasteiger partial charge in [0, 0.05) is 47.7 Å². The molecule has 2 heterocycles. The molecule has 0 aliphatic carbocycles. The lowest BCUT2D eigenvalue weighted by atomic mass is 10.1. The zero-order valence-electron chi connectivity index (χ0n) is 17.5. The molecule has 158 valence electrons. The molecular weight excluding hydrogens is 416 g/mol. The van der Waals surface area contributed by atoms with Gasteiger partial charge in [0.2, 0.25) is 0 Å². The second-order valence-electron chi connectivity index (χ2n) is 7.62. The van der Waals surface area contributed by atoms with E-state index in [1.165, 1.54) is 0 Å². The van der Waals surface area contributed by atoms with Crippen molar-refractivity contribution in [2.24, 2.45) is 0 Å². The lowest BCUT2D eigenvalue weighted by molar-refractivity contribution is 0.0595. The number of fused-ring (bicyclic) bond motifs is 1. The monoisotopic (exact) mass is 442 g/mol. The van der Waals surface area contributed by atoms with Crippen molar-refractivity contribution in [2.75, 3.05) is 20.2 Å². The van der Waals surface area contributed by atoms with Crippen molar-refractivity contribution in [1.29, 1.82) is 0 Å². The summed E-state index contributed by atoms with van der Waals surface area (Å²) in [7, 11) is 1.65. The van der Waals surface area contributed by atoms with Crippen LogP contribution in [-0.4, -0.2) is 47.3 Å². The van der Waals surface area contributed by atoms with Crippen LogP contribution < -0.4 is 9.47 Å². The Hall–Kier alpha value is -2.25. The van der Waals surface area contributed by atoms with Gasteiger partial charge < -0.3 is 14.4 Å². The highest BCUT2D eigenvalue weighted by Crippen LogP contribution is 2.32. The highest BCUT2D eigenvalue weighted by Gasteiger charge is 2.25. The molecule has 3 aromatic rings. The standard InChI is InChI=1S/C23H26N2O3S2/c1-15(2)29-19-6-4-5-16(13-19)22(26)25-11-9-17(10-12-25)28-23-24-20-14-18(27-3)7-8-21(20)30-23/h4-8,13-15,17H,9-12H2,1-3H3. The third-order valence-corrected chi connectivity index (χ3v) is 6.95. The smallest absolute Gasteiger partial charge is 0.274 e. The van der Waals surface area contributed by atoms with Crippen LogP contribution in [0.3, 0.4) is 0 Å². The van der Waals surface area contributed by atoms with Crippen LogP contribution in [0.4, 0.5) is 0 Å². The predicted molar refractivity (Wildman–Crippen MR) is 123 cm³/mol. The Kier molecular flexibility index (Phi) is 6.49. The molecule has 1 fully saturated rings. The Morgan fingerprint density at radius 3 is 2.73 bits per heavy atom. The summed E-state index contributed by atoms with van der Waals surface area (Å²) < 4.78 is 12.5. The predicted octanol–water partition coefficient (Wildman–Crippen LogP) is 5.49. The topological polar surface area (TPSA) is 51.7 Å². The summed E-state index contributed by atoms with van der Waals surface area (Å²) in [5, 5.41) is 1.17. The summed E-state index contributed by atoms with van der Waals surface area (Å²) in [6.45, 7) is 5.71. The average molecular weight is 443 g/mol. The van der Waals surface area contributed by atoms with Gasteiger partial charge in [0.05, 0.1) is 17.3 Å². The number of thiazole rings is 1. The molecule has 1 aromatic heterocycles. The van der Waals surface area contributed by atoms with Gasteiger partial charge in [-0.25, -0.2) is 4.98 Å². The Bertz CT molecular complexity index is 1030. The van der Waals surface area contributed by atoms with Gasteiger partial charge in [-0.3, -0.25) is 4.79 Å². The highest BCUT2D eigenvalue weighted by molar-refractivity contribution is 7.99. The van der Waals surface area contributed by atoms with Gasteiger partial charge in [-0.2, -0.15) is 0 Å². The maximum atomic E-state index is 12.9. The summed E-state index contributed by atoms with van der Waals surface area (Å²) in [6, 6.07) is 13.8. The number of amides is 1. The molecular formula is C23H26N2O3S2. The number of benzene rings is 2. The Morgan fingerprint density at radius 2 is 2.00 bits per heavy atom. The second-order valence-corrected chi connectivity index (χ2v) is 10.3. The maximum absolute atomic E-state index is 12.9. The van der Waals surface area contributed by atoms with Gasteiger partial charge in [-0.05, 0) is 30.3 Å². The first kappa shape index (κ1) is 21.0. The van der Waals surface area contributed by atoms with Crippen LogP contribution in [0.5, 0.6) is 10.9 Å². The summed E-state index contributed by atoms with van der Waals surface area (Å²) in [4.78, 5) is 20.6. The Balaban J connectivity index is 1.35. The van der Waals surface area contributed by atoms with E-state index in [2.05, 4.69) is 24.9 Å². The fourth-order valence-electron chi connectivity index (χ4n) is 3.54. The molecule has 1 aliphatic heterocycles. The van der Waals surface area contributed by atoms with Crippen molar-refractivity contribution in [3.8, 4) is 10.9 Å². The van der Waals surface area contributed by atoms with Crippen LogP contribution in [0.1, 0.15) is 37.0 Å². The van der Waals surface area contributed by atoms with E-state index in [1.54, 1.807) is 30.2 Å². The summed E-state index contributed by atoms with van der Waals surface area (Å²) >= 11 is 3.33. The first-order valence-corrected chi connectivity index (χ1v) is 11.9. The van der Waals surface area contributed by atoms with Gasteiger partial charge in [0.1, 0.15) is 11.9 Å². The molecule has 0 atom stereocenters. The zero-order valence-corrected chi connectivity index (χ0v) is 19.1. The van der Waals surface area contributed by atoms with Gasteiger partial charge in [0.25, 0.3) is 11.1 Å². The van der Waals surface area contributed by atoms with Crippen molar-refractivity contribution in [1.82, 2.24) is 9.88 Å². The number of aromatic nitrogens is 1. The van der Waals surface area contributed by atoms with E-state index < -0.39 is 0 Å². The molecule has 7 heteroatoms. The van der Waals surface area contributed by atoms with E-state index in [0.717, 1.165) is 39.3 Å². The van der Waals surface area contributed by atoms with Gasteiger partial charge in [-0.15, -0.1) is 11.8 Å². The van der Waals surface area contributed by atoms with E-state index in [4.69, 9.17) is 9.47 Å².